The van der Waals surface area contributed by atoms with Crippen molar-refractivity contribution < 1.29 is 19.1 Å². The molecule has 0 saturated heterocycles. The van der Waals surface area contributed by atoms with E-state index in [1.807, 2.05) is 0 Å². The molecule has 0 spiro atoms. The molecule has 0 saturated carbocycles. The molecule has 0 aromatic heterocycles. The molecule has 0 amide bonds. The second-order valence-corrected chi connectivity index (χ2v) is 9.14. The van der Waals surface area contributed by atoms with E-state index in [1.54, 1.807) is 0 Å². The van der Waals surface area contributed by atoms with Crippen LogP contribution >= 0.6 is 0 Å². The van der Waals surface area contributed by atoms with Crippen molar-refractivity contribution >= 4 is 11.9 Å². The van der Waals surface area contributed by atoms with Gasteiger partial charge in [0, 0.05) is 19.3 Å². The number of carbonyl (C=O) groups excluding carboxylic acids is 2. The summed E-state index contributed by atoms with van der Waals surface area (Å²) in [6, 6.07) is 0. The Labute approximate surface area is 205 Å². The topological polar surface area (TPSA) is 52.6 Å². The maximum absolute atomic E-state index is 11.7. The lowest BCUT2D eigenvalue weighted by molar-refractivity contribution is -0.144. The standard InChI is InChI=1S/C29H52O4/c1-3-5-7-9-10-11-12-13-16-19-23-27-33-29(31)25-21-18-15-14-17-20-24-28(30)32-26-22-8-6-4-2/h3-18,20-22,24-27H2,1-2H3. The fraction of sp³-hybridized carbons (Fsp3) is 0.862. The van der Waals surface area contributed by atoms with Crippen LogP contribution in [0.15, 0.2) is 0 Å². The highest BCUT2D eigenvalue weighted by Gasteiger charge is 2.03. The fourth-order valence-corrected chi connectivity index (χ4v) is 3.71. The summed E-state index contributed by atoms with van der Waals surface area (Å²) in [5, 5.41) is 0. The van der Waals surface area contributed by atoms with Crippen LogP contribution in [0.2, 0.25) is 0 Å². The first-order chi connectivity index (χ1) is 16.2. The quantitative estimate of drug-likeness (QED) is 0.0866. The third kappa shape index (κ3) is 26.6. The van der Waals surface area contributed by atoms with Crippen molar-refractivity contribution in [2.24, 2.45) is 0 Å². The molecule has 0 radical (unpaired) electrons. The van der Waals surface area contributed by atoms with Gasteiger partial charge >= 0.3 is 11.9 Å². The first-order valence-corrected chi connectivity index (χ1v) is 14.0. The van der Waals surface area contributed by atoms with Gasteiger partial charge in [0.05, 0.1) is 6.61 Å². The van der Waals surface area contributed by atoms with Crippen LogP contribution in [0.5, 0.6) is 0 Å². The van der Waals surface area contributed by atoms with Gasteiger partial charge in [-0.25, -0.2) is 0 Å². The summed E-state index contributed by atoms with van der Waals surface area (Å²) in [4.78, 5) is 23.4. The molecule has 4 heteroatoms. The zero-order valence-electron chi connectivity index (χ0n) is 21.9. The zero-order chi connectivity index (χ0) is 24.2. The highest BCUT2D eigenvalue weighted by molar-refractivity contribution is 5.69. The lowest BCUT2D eigenvalue weighted by Crippen LogP contribution is -2.05. The number of unbranched alkanes of at least 4 members (excludes halogenated alkanes) is 16. The molecule has 0 heterocycles. The van der Waals surface area contributed by atoms with E-state index in [9.17, 15) is 9.59 Å². The molecule has 0 unspecified atom stereocenters. The van der Waals surface area contributed by atoms with Crippen molar-refractivity contribution in [3.05, 3.63) is 0 Å². The van der Waals surface area contributed by atoms with Crippen LogP contribution in [0.25, 0.3) is 0 Å². The first kappa shape index (κ1) is 31.5. The Kier molecular flexibility index (Phi) is 25.5. The third-order valence-electron chi connectivity index (χ3n) is 5.86. The van der Waals surface area contributed by atoms with Gasteiger partial charge in [-0.2, -0.15) is 0 Å². The van der Waals surface area contributed by atoms with Gasteiger partial charge in [0.2, 0.25) is 0 Å². The first-order valence-electron chi connectivity index (χ1n) is 14.0. The van der Waals surface area contributed by atoms with E-state index in [4.69, 9.17) is 9.47 Å². The lowest BCUT2D eigenvalue weighted by atomic mass is 10.1. The number of carbonyl (C=O) groups is 2. The minimum atomic E-state index is -0.141. The van der Waals surface area contributed by atoms with Gasteiger partial charge in [-0.1, -0.05) is 116 Å². The third-order valence-corrected chi connectivity index (χ3v) is 5.86. The predicted octanol–water partition coefficient (Wildman–Crippen LogP) is 8.31. The number of esters is 2. The van der Waals surface area contributed by atoms with Crippen LogP contribution in [0.4, 0.5) is 0 Å². The molecule has 192 valence electrons. The van der Waals surface area contributed by atoms with Crippen LogP contribution in [-0.2, 0) is 19.1 Å². The van der Waals surface area contributed by atoms with Crippen molar-refractivity contribution in [1.82, 2.24) is 0 Å². The summed E-state index contributed by atoms with van der Waals surface area (Å²) in [7, 11) is 0. The summed E-state index contributed by atoms with van der Waals surface area (Å²) < 4.78 is 10.4. The molecule has 0 aromatic rings. The molecule has 0 atom stereocenters. The van der Waals surface area contributed by atoms with E-state index in [2.05, 4.69) is 25.7 Å². The molecular weight excluding hydrogens is 412 g/mol. The Morgan fingerprint density at radius 3 is 1.55 bits per heavy atom. The molecule has 0 N–H and O–H groups in total. The SMILES string of the molecule is CCCCCCCCCCC#CCOC(=O)CCCCCCCCC(=O)OCCCCCC. The van der Waals surface area contributed by atoms with E-state index >= 15 is 0 Å². The molecule has 0 aliphatic carbocycles. The minimum absolute atomic E-state index is 0.0600. The van der Waals surface area contributed by atoms with E-state index in [1.165, 1.54) is 57.8 Å². The Hall–Kier alpha value is -1.50. The molecule has 0 aliphatic rings. The second kappa shape index (κ2) is 26.7. The van der Waals surface area contributed by atoms with E-state index < -0.39 is 0 Å². The highest BCUT2D eigenvalue weighted by Crippen LogP contribution is 2.11. The molecular formula is C29H52O4. The van der Waals surface area contributed by atoms with Gasteiger partial charge in [-0.15, -0.1) is 0 Å². The molecule has 0 aliphatic heterocycles. The minimum Gasteiger partial charge on any atom is -0.466 e. The molecule has 0 bridgehead atoms. The van der Waals surface area contributed by atoms with Gasteiger partial charge in [-0.3, -0.25) is 9.59 Å². The smallest absolute Gasteiger partial charge is 0.306 e. The maximum Gasteiger partial charge on any atom is 0.306 e. The predicted molar refractivity (Wildman–Crippen MR) is 138 cm³/mol. The van der Waals surface area contributed by atoms with Crippen molar-refractivity contribution in [3.63, 3.8) is 0 Å². The normalized spacial score (nSPS) is 10.5. The average molecular weight is 465 g/mol. The van der Waals surface area contributed by atoms with Crippen molar-refractivity contribution in [2.45, 2.75) is 149 Å². The largest absolute Gasteiger partial charge is 0.466 e. The molecule has 0 fully saturated rings. The number of hydrogen-bond donors (Lipinski definition) is 0. The van der Waals surface area contributed by atoms with Gasteiger partial charge in [0.15, 0.2) is 6.61 Å². The molecule has 0 rings (SSSR count). The Balaban J connectivity index is 3.34. The fourth-order valence-electron chi connectivity index (χ4n) is 3.71. The second-order valence-electron chi connectivity index (χ2n) is 9.14. The van der Waals surface area contributed by atoms with Crippen LogP contribution in [-0.4, -0.2) is 25.2 Å². The maximum atomic E-state index is 11.7. The summed E-state index contributed by atoms with van der Waals surface area (Å²) >= 11 is 0. The van der Waals surface area contributed by atoms with Gasteiger partial charge in [0.1, 0.15) is 0 Å². The Morgan fingerprint density at radius 2 is 0.970 bits per heavy atom. The monoisotopic (exact) mass is 464 g/mol. The number of hydrogen-bond acceptors (Lipinski definition) is 4. The van der Waals surface area contributed by atoms with Crippen LogP contribution < -0.4 is 0 Å². The van der Waals surface area contributed by atoms with Crippen molar-refractivity contribution in [2.75, 3.05) is 13.2 Å². The average Bonchev–Trinajstić information content (AvgIpc) is 2.81. The Bertz CT molecular complexity index is 503. The van der Waals surface area contributed by atoms with Crippen LogP contribution in [0.1, 0.15) is 149 Å². The van der Waals surface area contributed by atoms with E-state index in [0.717, 1.165) is 64.2 Å². The van der Waals surface area contributed by atoms with Crippen molar-refractivity contribution in [3.8, 4) is 11.8 Å². The summed E-state index contributed by atoms with van der Waals surface area (Å²) in [6.45, 7) is 5.22. The van der Waals surface area contributed by atoms with Crippen molar-refractivity contribution in [1.29, 1.82) is 0 Å². The highest BCUT2D eigenvalue weighted by atomic mass is 16.5. The van der Waals surface area contributed by atoms with Crippen LogP contribution in [0.3, 0.4) is 0 Å². The van der Waals surface area contributed by atoms with Gasteiger partial charge < -0.3 is 9.47 Å². The van der Waals surface area contributed by atoms with Gasteiger partial charge in [-0.05, 0) is 25.7 Å². The lowest BCUT2D eigenvalue weighted by Gasteiger charge is -2.05. The summed E-state index contributed by atoms with van der Waals surface area (Å²) in [6.07, 6.45) is 22.9. The molecule has 33 heavy (non-hydrogen) atoms. The molecule has 0 aromatic carbocycles. The van der Waals surface area contributed by atoms with Gasteiger partial charge in [0.25, 0.3) is 0 Å². The van der Waals surface area contributed by atoms with E-state index in [-0.39, 0.29) is 18.5 Å². The number of rotatable bonds is 23. The van der Waals surface area contributed by atoms with Crippen LogP contribution in [0, 0.1) is 11.8 Å². The summed E-state index contributed by atoms with van der Waals surface area (Å²) in [5.74, 6) is 5.87. The summed E-state index contributed by atoms with van der Waals surface area (Å²) in [5.41, 5.74) is 0. The molecule has 4 nitrogen and oxygen atoms in total. The number of ether oxygens (including phenoxy) is 2. The van der Waals surface area contributed by atoms with E-state index in [0.29, 0.717) is 19.4 Å². The zero-order valence-corrected chi connectivity index (χ0v) is 21.9. The Morgan fingerprint density at radius 1 is 0.515 bits per heavy atom.